The Bertz CT molecular complexity index is 1970. The number of aromatic hydroxyl groups is 2. The number of benzene rings is 4. The molecule has 1 heterocycles. The van der Waals surface area contributed by atoms with Gasteiger partial charge in [0.1, 0.15) is 23.4 Å². The molecule has 63 heavy (non-hydrogen) atoms. The van der Waals surface area contributed by atoms with Crippen molar-refractivity contribution >= 4 is 23.0 Å². The van der Waals surface area contributed by atoms with Gasteiger partial charge in [0, 0.05) is 29.9 Å². The second kappa shape index (κ2) is 26.4. The summed E-state index contributed by atoms with van der Waals surface area (Å²) in [5.74, 6) is 0.517. The quantitative estimate of drug-likeness (QED) is 0.0239. The van der Waals surface area contributed by atoms with Gasteiger partial charge in [-0.3, -0.25) is 15.3 Å². The SMILES string of the molecule is CCC(COC1CN(C(=O)OCCCCO)CC(OCc2cc(O)c3ccccc3c2)C1c1ccc(OCCCOCc2ccccc2O)cc1)OC(=O)OCCCCON(O)O. The molecule has 1 amide bonds. The van der Waals surface area contributed by atoms with Crippen LogP contribution in [-0.2, 0) is 46.5 Å². The number of amides is 1. The number of phenolic OH excluding ortho intramolecular Hbond substituents is 2. The smallest absolute Gasteiger partial charge is 0.508 e. The van der Waals surface area contributed by atoms with Gasteiger partial charge in [0.2, 0.25) is 0 Å². The van der Waals surface area contributed by atoms with Crippen molar-refractivity contribution in [2.45, 2.75) is 82.9 Å². The Balaban J connectivity index is 1.30. The number of ether oxygens (including phenoxy) is 7. The number of hydrogen-bond acceptors (Lipinski definition) is 16. The normalized spacial score (nSPS) is 16.8. The van der Waals surface area contributed by atoms with Crippen LogP contribution in [0.25, 0.3) is 10.8 Å². The van der Waals surface area contributed by atoms with Crippen LogP contribution >= 0.6 is 0 Å². The third kappa shape index (κ3) is 16.1. The number of hydrogen-bond donors (Lipinski definition) is 5. The third-order valence-electron chi connectivity index (χ3n) is 10.4. The van der Waals surface area contributed by atoms with Crippen molar-refractivity contribution in [1.29, 1.82) is 0 Å². The highest BCUT2D eigenvalue weighted by atomic mass is 17.1. The first-order valence-electron chi connectivity index (χ1n) is 21.3. The minimum absolute atomic E-state index is 0.0100. The summed E-state index contributed by atoms with van der Waals surface area (Å²) in [7, 11) is 0. The average Bonchev–Trinajstić information content (AvgIpc) is 3.28. The minimum Gasteiger partial charge on any atom is -0.508 e. The summed E-state index contributed by atoms with van der Waals surface area (Å²) in [5, 5.41) is 48.5. The average molecular weight is 881 g/mol. The summed E-state index contributed by atoms with van der Waals surface area (Å²) in [6.45, 7) is 3.47. The summed E-state index contributed by atoms with van der Waals surface area (Å²) in [6.07, 6.45) is -0.655. The van der Waals surface area contributed by atoms with Crippen LogP contribution in [0.3, 0.4) is 0 Å². The van der Waals surface area contributed by atoms with Gasteiger partial charge in [-0.2, -0.15) is 0 Å². The highest BCUT2D eigenvalue weighted by molar-refractivity contribution is 5.88. The number of carbonyl (C=O) groups excluding carboxylic acids is 2. The van der Waals surface area contributed by atoms with Crippen LogP contribution in [0.2, 0.25) is 0 Å². The molecule has 1 saturated heterocycles. The molecule has 1 aliphatic heterocycles. The number of piperidine rings is 1. The van der Waals surface area contributed by atoms with Gasteiger partial charge in [-0.25, -0.2) is 9.59 Å². The second-order valence-electron chi connectivity index (χ2n) is 15.0. The zero-order valence-electron chi connectivity index (χ0n) is 35.6. The zero-order valence-corrected chi connectivity index (χ0v) is 35.6. The predicted octanol–water partition coefficient (Wildman–Crippen LogP) is 7.24. The number of unbranched alkanes of at least 4 members (excludes halogenated alkanes) is 2. The van der Waals surface area contributed by atoms with E-state index in [1.54, 1.807) is 18.2 Å². The van der Waals surface area contributed by atoms with E-state index in [9.17, 15) is 24.9 Å². The molecule has 17 nitrogen and oxygen atoms in total. The molecule has 0 aliphatic carbocycles. The first kappa shape index (κ1) is 48.8. The molecule has 5 rings (SSSR count). The molecule has 0 radical (unpaired) electrons. The minimum atomic E-state index is -0.886. The Morgan fingerprint density at radius 3 is 2.24 bits per heavy atom. The Hall–Kier alpha value is -5.24. The summed E-state index contributed by atoms with van der Waals surface area (Å²) < 4.78 is 41.4. The fourth-order valence-electron chi connectivity index (χ4n) is 7.06. The lowest BCUT2D eigenvalue weighted by molar-refractivity contribution is -0.492. The molecule has 0 saturated carbocycles. The molecule has 0 spiro atoms. The molecule has 4 atom stereocenters. The van der Waals surface area contributed by atoms with E-state index in [0.29, 0.717) is 75.0 Å². The number of rotatable bonds is 26. The van der Waals surface area contributed by atoms with Crippen LogP contribution in [0.1, 0.15) is 68.1 Å². The van der Waals surface area contributed by atoms with Crippen molar-refractivity contribution in [3.63, 3.8) is 0 Å². The molecule has 4 aromatic rings. The molecule has 344 valence electrons. The monoisotopic (exact) mass is 880 g/mol. The van der Waals surface area contributed by atoms with Crippen molar-refractivity contribution in [3.8, 4) is 17.2 Å². The van der Waals surface area contributed by atoms with Gasteiger partial charge in [-0.05, 0) is 78.9 Å². The molecule has 5 N–H and O–H groups in total. The number of aliphatic hydroxyl groups excluding tert-OH is 1. The molecular formula is C46H60N2O15. The second-order valence-corrected chi connectivity index (χ2v) is 15.0. The van der Waals surface area contributed by atoms with Crippen molar-refractivity contribution in [2.24, 2.45) is 0 Å². The van der Waals surface area contributed by atoms with Gasteiger partial charge in [-0.1, -0.05) is 61.5 Å². The Labute approximate surface area is 367 Å². The molecule has 17 heteroatoms. The molecule has 0 aromatic heterocycles. The first-order chi connectivity index (χ1) is 30.6. The summed E-state index contributed by atoms with van der Waals surface area (Å²) in [4.78, 5) is 32.2. The van der Waals surface area contributed by atoms with Gasteiger partial charge < -0.3 is 53.4 Å². The fraction of sp³-hybridized carbons (Fsp3) is 0.478. The maximum atomic E-state index is 13.5. The van der Waals surface area contributed by atoms with Crippen LogP contribution < -0.4 is 4.74 Å². The standard InChI is InChI=1S/C46H60N2O15/c1-2-37(63-46(53)59-23-9-10-25-62-48(54)55)32-61-43-29-47(45(52)58-22-8-7-20-49)28-42(60-30-33-26-35-12-3-5-14-39(35)41(51)27-33)44(43)34-16-18-38(19-17-34)57-24-11-21-56-31-36-13-4-6-15-40(36)50/h3-6,12-19,26-27,37,42-44,49-51,54-55H,2,7-11,20-25,28-32H2,1H3. The fourth-order valence-corrected chi connectivity index (χ4v) is 7.06. The van der Waals surface area contributed by atoms with Gasteiger partial charge >= 0.3 is 12.2 Å². The van der Waals surface area contributed by atoms with E-state index in [1.807, 2.05) is 73.7 Å². The highest BCUT2D eigenvalue weighted by Crippen LogP contribution is 2.36. The molecule has 0 bridgehead atoms. The van der Waals surface area contributed by atoms with Crippen molar-refractivity contribution in [2.75, 3.05) is 59.3 Å². The molecule has 4 aromatic carbocycles. The number of carbonyl (C=O) groups is 2. The van der Waals surface area contributed by atoms with E-state index < -0.39 is 36.5 Å². The van der Waals surface area contributed by atoms with Gasteiger partial charge in [0.05, 0.1) is 83.5 Å². The van der Waals surface area contributed by atoms with E-state index >= 15 is 0 Å². The van der Waals surface area contributed by atoms with E-state index in [2.05, 4.69) is 4.84 Å². The lowest BCUT2D eigenvalue weighted by atomic mass is 9.84. The molecule has 4 unspecified atom stereocenters. The van der Waals surface area contributed by atoms with Gasteiger partial charge in [0.15, 0.2) is 0 Å². The number of fused-ring (bicyclic) bond motifs is 1. The maximum Gasteiger partial charge on any atom is 0.508 e. The molecule has 1 aliphatic rings. The van der Waals surface area contributed by atoms with Crippen LogP contribution in [0.15, 0.2) is 84.9 Å². The van der Waals surface area contributed by atoms with Gasteiger partial charge in [-0.15, -0.1) is 0 Å². The summed E-state index contributed by atoms with van der Waals surface area (Å²) >= 11 is 0. The van der Waals surface area contributed by atoms with E-state index in [0.717, 1.165) is 16.5 Å². The lowest BCUT2D eigenvalue weighted by Crippen LogP contribution is -2.55. The lowest BCUT2D eigenvalue weighted by Gasteiger charge is -2.43. The molecule has 1 fully saturated rings. The summed E-state index contributed by atoms with van der Waals surface area (Å²) in [5.41, 5.74) is 2.29. The van der Waals surface area contributed by atoms with Crippen molar-refractivity contribution < 1.29 is 73.3 Å². The van der Waals surface area contributed by atoms with Crippen LogP contribution in [-0.4, -0.2) is 126 Å². The largest absolute Gasteiger partial charge is 0.508 e. The van der Waals surface area contributed by atoms with E-state index in [4.69, 9.17) is 43.6 Å². The number of likely N-dealkylation sites (tertiary alicyclic amines) is 1. The zero-order chi connectivity index (χ0) is 44.8. The van der Waals surface area contributed by atoms with Gasteiger partial charge in [0.25, 0.3) is 0 Å². The number of aliphatic hydroxyl groups is 1. The Kier molecular flexibility index (Phi) is 20.4. The van der Waals surface area contributed by atoms with Crippen molar-refractivity contribution in [3.05, 3.63) is 102 Å². The summed E-state index contributed by atoms with van der Waals surface area (Å²) in [6, 6.07) is 25.7. The number of nitrogens with zero attached hydrogens (tertiary/aromatic N) is 2. The van der Waals surface area contributed by atoms with Crippen LogP contribution in [0, 0.1) is 0 Å². The maximum absolute atomic E-state index is 13.5. The van der Waals surface area contributed by atoms with Crippen LogP contribution in [0.4, 0.5) is 9.59 Å². The third-order valence-corrected chi connectivity index (χ3v) is 10.4. The van der Waals surface area contributed by atoms with E-state index in [-0.39, 0.29) is 69.6 Å². The predicted molar refractivity (Wildman–Crippen MR) is 227 cm³/mol. The Morgan fingerprint density at radius 1 is 0.762 bits per heavy atom. The first-order valence-corrected chi connectivity index (χ1v) is 21.3. The Morgan fingerprint density at radius 2 is 1.48 bits per heavy atom. The van der Waals surface area contributed by atoms with E-state index in [1.165, 1.54) is 4.90 Å². The molecular weight excluding hydrogens is 821 g/mol. The number of para-hydroxylation sites is 1. The van der Waals surface area contributed by atoms with Crippen LogP contribution in [0.5, 0.6) is 17.2 Å². The highest BCUT2D eigenvalue weighted by Gasteiger charge is 2.42. The van der Waals surface area contributed by atoms with Crippen molar-refractivity contribution in [1.82, 2.24) is 10.3 Å². The topological polar surface area (TPSA) is 216 Å². The number of phenols is 2.